The van der Waals surface area contributed by atoms with Gasteiger partial charge in [-0.15, -0.1) is 0 Å². The highest BCUT2D eigenvalue weighted by atomic mass is 32.3. The molecule has 0 spiro atoms. The molecule has 2 aliphatic rings. The van der Waals surface area contributed by atoms with E-state index in [0.717, 1.165) is 31.1 Å². The summed E-state index contributed by atoms with van der Waals surface area (Å²) in [4.78, 5) is 28.8. The third kappa shape index (κ3) is 5.12. The number of carbonyl (C=O) groups excluding carboxylic acids is 2. The fourth-order valence-corrected chi connectivity index (χ4v) is 3.44. The van der Waals surface area contributed by atoms with Crippen LogP contribution in [-0.2, 0) is 33.2 Å². The van der Waals surface area contributed by atoms with E-state index in [1.807, 2.05) is 7.05 Å². The van der Waals surface area contributed by atoms with Crippen LogP contribution in [0.15, 0.2) is 30.4 Å². The zero-order valence-electron chi connectivity index (χ0n) is 14.8. The highest BCUT2D eigenvalue weighted by Gasteiger charge is 2.24. The van der Waals surface area contributed by atoms with Crippen molar-refractivity contribution >= 4 is 22.3 Å². The summed E-state index contributed by atoms with van der Waals surface area (Å²) >= 11 is 0. The number of rotatable bonds is 6. The number of piperazine rings is 1. The molecule has 1 saturated heterocycles. The smallest absolute Gasteiger partial charge is 0.358 e. The van der Waals surface area contributed by atoms with Gasteiger partial charge in [0, 0.05) is 50.4 Å². The predicted molar refractivity (Wildman–Crippen MR) is 94.6 cm³/mol. The van der Waals surface area contributed by atoms with E-state index >= 15 is 0 Å². The first-order chi connectivity index (χ1) is 12.7. The van der Waals surface area contributed by atoms with Crippen molar-refractivity contribution in [1.82, 2.24) is 14.7 Å². The maximum atomic E-state index is 13.0. The van der Waals surface area contributed by atoms with E-state index in [1.165, 1.54) is 24.3 Å². The average Bonchev–Trinajstić information content (AvgIpc) is 2.90. The van der Waals surface area contributed by atoms with E-state index in [1.54, 1.807) is 6.07 Å². The van der Waals surface area contributed by atoms with Crippen molar-refractivity contribution in [1.29, 1.82) is 0 Å². The summed E-state index contributed by atoms with van der Waals surface area (Å²) in [6.45, 7) is 3.68. The van der Waals surface area contributed by atoms with Gasteiger partial charge in [0.15, 0.2) is 0 Å². The average molecular weight is 397 g/mol. The van der Waals surface area contributed by atoms with E-state index in [2.05, 4.69) is 14.0 Å². The monoisotopic (exact) mass is 397 g/mol. The normalized spacial score (nSPS) is 19.1. The Bertz CT molecular complexity index is 861. The number of likely N-dealkylation sites (N-methyl/N-ethyl adjacent to an activating group) is 1. The van der Waals surface area contributed by atoms with Gasteiger partial charge in [-0.2, -0.15) is 8.42 Å². The van der Waals surface area contributed by atoms with Crippen LogP contribution in [-0.4, -0.2) is 68.2 Å². The Morgan fingerprint density at radius 1 is 1.04 bits per heavy atom. The first kappa shape index (κ1) is 19.5. The van der Waals surface area contributed by atoms with Crippen LogP contribution in [0, 0.1) is 0 Å². The second-order valence-electron chi connectivity index (χ2n) is 6.59. The van der Waals surface area contributed by atoms with Gasteiger partial charge in [0.05, 0.1) is 6.54 Å². The lowest BCUT2D eigenvalue weighted by atomic mass is 10.1. The SMILES string of the molecule is CN1CCN(Cc2cc(CN3C(=O)C=CC3=O)ccc2OS(=O)(=O)F)CC1. The molecule has 2 heterocycles. The molecule has 0 N–H and O–H groups in total. The molecule has 0 bridgehead atoms. The van der Waals surface area contributed by atoms with Crippen molar-refractivity contribution < 1.29 is 26.1 Å². The molecule has 2 aliphatic heterocycles. The lowest BCUT2D eigenvalue weighted by Crippen LogP contribution is -2.43. The summed E-state index contributed by atoms with van der Waals surface area (Å²) in [5.74, 6) is -0.920. The molecule has 0 aliphatic carbocycles. The zero-order chi connectivity index (χ0) is 19.6. The third-order valence-corrected chi connectivity index (χ3v) is 4.92. The first-order valence-electron chi connectivity index (χ1n) is 8.41. The summed E-state index contributed by atoms with van der Waals surface area (Å²) in [7, 11) is -3.14. The van der Waals surface area contributed by atoms with Gasteiger partial charge in [-0.25, -0.2) is 0 Å². The van der Waals surface area contributed by atoms with Crippen LogP contribution in [0.2, 0.25) is 0 Å². The van der Waals surface area contributed by atoms with Gasteiger partial charge < -0.3 is 9.08 Å². The standard InChI is InChI=1S/C17H20FN3O5S/c1-19-6-8-20(9-7-19)12-14-10-13(2-3-15(14)26-27(18,24)25)11-21-16(22)4-5-17(21)23/h2-5,10H,6-9,11-12H2,1H3. The second kappa shape index (κ2) is 7.75. The number of hydrogen-bond donors (Lipinski definition) is 0. The molecule has 3 rings (SSSR count). The molecule has 0 radical (unpaired) electrons. The minimum absolute atomic E-state index is 0.0447. The van der Waals surface area contributed by atoms with Crippen molar-refractivity contribution in [3.8, 4) is 5.75 Å². The van der Waals surface area contributed by atoms with Crippen LogP contribution in [0.4, 0.5) is 3.89 Å². The lowest BCUT2D eigenvalue weighted by molar-refractivity contribution is -0.137. The Morgan fingerprint density at radius 3 is 2.26 bits per heavy atom. The van der Waals surface area contributed by atoms with Crippen LogP contribution in [0.3, 0.4) is 0 Å². The number of hydrogen-bond acceptors (Lipinski definition) is 7. The minimum Gasteiger partial charge on any atom is -0.358 e. The molecule has 146 valence electrons. The quantitative estimate of drug-likeness (QED) is 0.509. The molecular formula is C17H20FN3O5S. The molecule has 1 aromatic rings. The fraction of sp³-hybridized carbons (Fsp3) is 0.412. The van der Waals surface area contributed by atoms with Crippen LogP contribution >= 0.6 is 0 Å². The molecule has 0 aromatic heterocycles. The Morgan fingerprint density at radius 2 is 1.67 bits per heavy atom. The van der Waals surface area contributed by atoms with Crippen LogP contribution in [0.5, 0.6) is 5.75 Å². The highest BCUT2D eigenvalue weighted by molar-refractivity contribution is 7.81. The fourth-order valence-electron chi connectivity index (χ4n) is 3.06. The van der Waals surface area contributed by atoms with Crippen molar-refractivity contribution in [2.75, 3.05) is 33.2 Å². The largest absolute Gasteiger partial charge is 0.488 e. The summed E-state index contributed by atoms with van der Waals surface area (Å²) < 4.78 is 39.4. The van der Waals surface area contributed by atoms with Crippen molar-refractivity contribution in [3.63, 3.8) is 0 Å². The Hall–Kier alpha value is -2.30. The van der Waals surface area contributed by atoms with Gasteiger partial charge in [0.25, 0.3) is 11.8 Å². The topological polar surface area (TPSA) is 87.2 Å². The summed E-state index contributed by atoms with van der Waals surface area (Å²) in [6.07, 6.45) is 2.39. The molecule has 0 atom stereocenters. The van der Waals surface area contributed by atoms with Gasteiger partial charge in [-0.05, 0) is 24.7 Å². The maximum Gasteiger partial charge on any atom is 0.488 e. The second-order valence-corrected chi connectivity index (χ2v) is 7.55. The summed E-state index contributed by atoms with van der Waals surface area (Å²) in [6, 6.07) is 4.49. The van der Waals surface area contributed by atoms with Crippen LogP contribution < -0.4 is 4.18 Å². The van der Waals surface area contributed by atoms with Crippen LogP contribution in [0.1, 0.15) is 11.1 Å². The molecule has 1 fully saturated rings. The number of imide groups is 1. The van der Waals surface area contributed by atoms with Gasteiger partial charge in [0.1, 0.15) is 5.75 Å². The molecule has 8 nitrogen and oxygen atoms in total. The molecule has 0 saturated carbocycles. The van der Waals surface area contributed by atoms with Gasteiger partial charge >= 0.3 is 10.5 Å². The minimum atomic E-state index is -5.16. The molecule has 10 heteroatoms. The van der Waals surface area contributed by atoms with E-state index in [9.17, 15) is 21.9 Å². The number of nitrogens with zero attached hydrogens (tertiary/aromatic N) is 3. The number of carbonyl (C=O) groups is 2. The summed E-state index contributed by atoms with van der Waals surface area (Å²) in [5.41, 5.74) is 1.10. The van der Waals surface area contributed by atoms with E-state index in [0.29, 0.717) is 17.7 Å². The molecule has 1 aromatic carbocycles. The van der Waals surface area contributed by atoms with Gasteiger partial charge in [0.2, 0.25) is 0 Å². The Labute approximate surface area is 157 Å². The Kier molecular flexibility index (Phi) is 5.59. The highest BCUT2D eigenvalue weighted by Crippen LogP contribution is 2.25. The molecular weight excluding hydrogens is 377 g/mol. The Balaban J connectivity index is 1.82. The molecule has 0 unspecified atom stereocenters. The van der Waals surface area contributed by atoms with Crippen LogP contribution in [0.25, 0.3) is 0 Å². The van der Waals surface area contributed by atoms with E-state index in [-0.39, 0.29) is 12.3 Å². The summed E-state index contributed by atoms with van der Waals surface area (Å²) in [5, 5.41) is 0. The molecule has 27 heavy (non-hydrogen) atoms. The number of amides is 2. The van der Waals surface area contributed by atoms with E-state index in [4.69, 9.17) is 0 Å². The lowest BCUT2D eigenvalue weighted by Gasteiger charge is -2.32. The van der Waals surface area contributed by atoms with Gasteiger partial charge in [-0.1, -0.05) is 9.95 Å². The predicted octanol–water partition coefficient (Wildman–Crippen LogP) is 0.452. The van der Waals surface area contributed by atoms with Gasteiger partial charge in [-0.3, -0.25) is 19.4 Å². The zero-order valence-corrected chi connectivity index (χ0v) is 15.6. The number of halogens is 1. The van der Waals surface area contributed by atoms with E-state index < -0.39 is 22.3 Å². The van der Waals surface area contributed by atoms with Crippen molar-refractivity contribution in [2.24, 2.45) is 0 Å². The number of benzene rings is 1. The van der Waals surface area contributed by atoms with Crippen molar-refractivity contribution in [2.45, 2.75) is 13.1 Å². The van der Waals surface area contributed by atoms with Crippen molar-refractivity contribution in [3.05, 3.63) is 41.5 Å². The first-order valence-corrected chi connectivity index (χ1v) is 9.72. The third-order valence-electron chi connectivity index (χ3n) is 4.55. The maximum absolute atomic E-state index is 13.0. The molecule has 2 amide bonds.